The lowest BCUT2D eigenvalue weighted by Gasteiger charge is -2.37. The first-order valence-corrected chi connectivity index (χ1v) is 12.2. The number of amides is 2. The summed E-state index contributed by atoms with van der Waals surface area (Å²) in [6.07, 6.45) is 1.40. The molecule has 178 valence electrons. The third-order valence-corrected chi connectivity index (χ3v) is 7.74. The molecule has 0 aliphatic carbocycles. The number of hydrogen-bond donors (Lipinski definition) is 1. The first kappa shape index (κ1) is 24.2. The number of halogens is 2. The number of carbonyl (C=O) groups excluding carboxylic acids is 3. The van der Waals surface area contributed by atoms with E-state index in [-0.39, 0.29) is 42.9 Å². The Labute approximate surface area is 205 Å². The maximum atomic E-state index is 14.0. The van der Waals surface area contributed by atoms with E-state index >= 15 is 0 Å². The van der Waals surface area contributed by atoms with E-state index < -0.39 is 35.6 Å². The standard InChI is InChI=1S/C23H26BrClN2O6/c1-3-9-26(14-7-5-13(25)6-8-14)21(30)19-23-12-15(24)18(33-23)16(22(31)32-4-2)17(23)20(29)27(19)10-11-28/h3,5-8,15-19,28H,1,4,9-12H2,2H3/t15?,16-,17+,18-,19-,23+/m0/s1. The van der Waals surface area contributed by atoms with Crippen molar-refractivity contribution in [2.45, 2.75) is 35.9 Å². The van der Waals surface area contributed by atoms with Gasteiger partial charge in [0.15, 0.2) is 0 Å². The lowest BCUT2D eigenvalue weighted by molar-refractivity contribution is -0.154. The second-order valence-corrected chi connectivity index (χ2v) is 10.00. The number of nitrogens with zero attached hydrogens (tertiary/aromatic N) is 2. The highest BCUT2D eigenvalue weighted by Crippen LogP contribution is 2.60. The molecule has 6 atom stereocenters. The summed E-state index contributed by atoms with van der Waals surface area (Å²) in [7, 11) is 0. The van der Waals surface area contributed by atoms with Crippen molar-refractivity contribution in [3.05, 3.63) is 41.9 Å². The molecule has 3 fully saturated rings. The predicted molar refractivity (Wildman–Crippen MR) is 125 cm³/mol. The van der Waals surface area contributed by atoms with Gasteiger partial charge in [-0.05, 0) is 37.6 Å². The number of rotatable bonds is 8. The van der Waals surface area contributed by atoms with Crippen LogP contribution in [0, 0.1) is 11.8 Å². The number of ether oxygens (including phenoxy) is 2. The second kappa shape index (κ2) is 9.37. The monoisotopic (exact) mass is 540 g/mol. The Morgan fingerprint density at radius 1 is 1.42 bits per heavy atom. The maximum Gasteiger partial charge on any atom is 0.312 e. The van der Waals surface area contributed by atoms with Gasteiger partial charge < -0.3 is 24.4 Å². The molecule has 1 aromatic rings. The van der Waals surface area contributed by atoms with E-state index in [0.29, 0.717) is 17.1 Å². The van der Waals surface area contributed by atoms with Gasteiger partial charge in [-0.2, -0.15) is 0 Å². The van der Waals surface area contributed by atoms with E-state index in [2.05, 4.69) is 22.5 Å². The van der Waals surface area contributed by atoms with Crippen LogP contribution in [0.5, 0.6) is 0 Å². The molecule has 3 saturated heterocycles. The molecule has 8 nitrogen and oxygen atoms in total. The van der Waals surface area contributed by atoms with E-state index in [1.54, 1.807) is 37.3 Å². The molecule has 0 radical (unpaired) electrons. The highest BCUT2D eigenvalue weighted by atomic mass is 79.9. The minimum Gasteiger partial charge on any atom is -0.466 e. The van der Waals surface area contributed by atoms with Gasteiger partial charge in [-0.25, -0.2) is 0 Å². The quantitative estimate of drug-likeness (QED) is 0.308. The minimum atomic E-state index is -1.20. The summed E-state index contributed by atoms with van der Waals surface area (Å²) in [4.78, 5) is 43.1. The summed E-state index contributed by atoms with van der Waals surface area (Å²) in [6, 6.07) is 5.77. The Balaban J connectivity index is 1.78. The molecule has 3 aliphatic heterocycles. The summed E-state index contributed by atoms with van der Waals surface area (Å²) in [6.45, 7) is 5.46. The van der Waals surface area contributed by atoms with Crippen molar-refractivity contribution in [1.82, 2.24) is 4.90 Å². The summed E-state index contributed by atoms with van der Waals surface area (Å²) in [5.41, 5.74) is -0.615. The number of alkyl halides is 1. The summed E-state index contributed by atoms with van der Waals surface area (Å²) in [5.74, 6) is -2.93. The van der Waals surface area contributed by atoms with Crippen LogP contribution in [0.3, 0.4) is 0 Å². The number of likely N-dealkylation sites (tertiary alicyclic amines) is 1. The molecule has 1 N–H and O–H groups in total. The van der Waals surface area contributed by atoms with Crippen LogP contribution in [0.2, 0.25) is 5.02 Å². The molecule has 3 heterocycles. The summed E-state index contributed by atoms with van der Waals surface area (Å²) in [5, 5.41) is 10.2. The number of esters is 1. The van der Waals surface area contributed by atoms with Gasteiger partial charge in [0.2, 0.25) is 5.91 Å². The predicted octanol–water partition coefficient (Wildman–Crippen LogP) is 2.16. The highest BCUT2D eigenvalue weighted by molar-refractivity contribution is 9.09. The molecule has 3 aliphatic rings. The van der Waals surface area contributed by atoms with Crippen LogP contribution >= 0.6 is 27.5 Å². The number of carbonyl (C=O) groups is 3. The average molecular weight is 542 g/mol. The number of anilines is 1. The number of aliphatic hydroxyl groups excluding tert-OH is 1. The Bertz CT molecular complexity index is 959. The number of aliphatic hydroxyl groups is 1. The molecule has 2 bridgehead atoms. The normalized spacial score (nSPS) is 32.1. The number of β-amino-alcohol motifs (C(OH)–C–C–N with tert-alkyl or cyclic N) is 1. The smallest absolute Gasteiger partial charge is 0.312 e. The van der Waals surface area contributed by atoms with Crippen LogP contribution in [0.15, 0.2) is 36.9 Å². The van der Waals surface area contributed by atoms with E-state index in [0.717, 1.165) is 0 Å². The van der Waals surface area contributed by atoms with Crippen molar-refractivity contribution < 1.29 is 29.0 Å². The zero-order valence-corrected chi connectivity index (χ0v) is 20.5. The number of hydrogen-bond acceptors (Lipinski definition) is 6. The van der Waals surface area contributed by atoms with Crippen molar-refractivity contribution in [1.29, 1.82) is 0 Å². The van der Waals surface area contributed by atoms with Crippen LogP contribution < -0.4 is 4.90 Å². The van der Waals surface area contributed by atoms with Crippen LogP contribution in [-0.4, -0.2) is 76.7 Å². The Morgan fingerprint density at radius 2 is 2.12 bits per heavy atom. The first-order chi connectivity index (χ1) is 15.8. The summed E-state index contributed by atoms with van der Waals surface area (Å²) < 4.78 is 11.6. The van der Waals surface area contributed by atoms with E-state index in [9.17, 15) is 19.5 Å². The zero-order valence-electron chi connectivity index (χ0n) is 18.2. The molecule has 0 saturated carbocycles. The van der Waals surface area contributed by atoms with Gasteiger partial charge in [-0.3, -0.25) is 14.4 Å². The van der Waals surface area contributed by atoms with Crippen LogP contribution in [0.25, 0.3) is 0 Å². The lowest BCUT2D eigenvalue weighted by atomic mass is 9.70. The van der Waals surface area contributed by atoms with Crippen molar-refractivity contribution >= 4 is 51.0 Å². The minimum absolute atomic E-state index is 0.0490. The number of fused-ring (bicyclic) bond motifs is 1. The van der Waals surface area contributed by atoms with E-state index in [1.165, 1.54) is 9.80 Å². The molecule has 2 amide bonds. The third-order valence-electron chi connectivity index (χ3n) is 6.64. The van der Waals surface area contributed by atoms with Crippen LogP contribution in [0.4, 0.5) is 5.69 Å². The van der Waals surface area contributed by atoms with Crippen molar-refractivity contribution in [3.63, 3.8) is 0 Å². The first-order valence-electron chi connectivity index (χ1n) is 10.9. The zero-order chi connectivity index (χ0) is 23.9. The lowest BCUT2D eigenvalue weighted by Crippen LogP contribution is -2.57. The third kappa shape index (κ3) is 3.79. The van der Waals surface area contributed by atoms with Crippen molar-refractivity contribution in [2.24, 2.45) is 11.8 Å². The molecule has 33 heavy (non-hydrogen) atoms. The average Bonchev–Trinajstić information content (AvgIpc) is 3.37. The Morgan fingerprint density at radius 3 is 2.73 bits per heavy atom. The van der Waals surface area contributed by atoms with Crippen molar-refractivity contribution in [2.75, 3.05) is 31.2 Å². The summed E-state index contributed by atoms with van der Waals surface area (Å²) >= 11 is 9.62. The fourth-order valence-electron chi connectivity index (χ4n) is 5.49. The van der Waals surface area contributed by atoms with Gasteiger partial charge in [0.25, 0.3) is 5.91 Å². The molecule has 1 unspecified atom stereocenters. The van der Waals surface area contributed by atoms with Gasteiger partial charge in [0, 0.05) is 28.6 Å². The van der Waals surface area contributed by atoms with Gasteiger partial charge in [-0.1, -0.05) is 33.6 Å². The van der Waals surface area contributed by atoms with Gasteiger partial charge in [-0.15, -0.1) is 6.58 Å². The number of benzene rings is 1. The van der Waals surface area contributed by atoms with E-state index in [1.807, 2.05) is 0 Å². The molecule has 0 aromatic heterocycles. The molecule has 4 rings (SSSR count). The SMILES string of the molecule is C=CCN(C(=O)[C@@H]1N(CCO)C(=O)[C@H]2[C@H](C(=O)OCC)[C@H]3O[C@@]12CC3Br)c1ccc(Cl)cc1. The van der Waals surface area contributed by atoms with Crippen LogP contribution in [-0.2, 0) is 23.9 Å². The van der Waals surface area contributed by atoms with Gasteiger partial charge >= 0.3 is 5.97 Å². The second-order valence-electron chi connectivity index (χ2n) is 8.38. The van der Waals surface area contributed by atoms with E-state index in [4.69, 9.17) is 21.1 Å². The fourth-order valence-corrected chi connectivity index (χ4v) is 6.55. The fraction of sp³-hybridized carbons (Fsp3) is 0.522. The molecular formula is C23H26BrClN2O6. The maximum absolute atomic E-state index is 14.0. The molecule has 1 aromatic carbocycles. The van der Waals surface area contributed by atoms with Crippen molar-refractivity contribution in [3.8, 4) is 0 Å². The van der Waals surface area contributed by atoms with Crippen LogP contribution in [0.1, 0.15) is 13.3 Å². The largest absolute Gasteiger partial charge is 0.466 e. The molecular weight excluding hydrogens is 516 g/mol. The Kier molecular flexibility index (Phi) is 6.87. The van der Waals surface area contributed by atoms with Gasteiger partial charge in [0.05, 0.1) is 31.2 Å². The topological polar surface area (TPSA) is 96.4 Å². The van der Waals surface area contributed by atoms with Gasteiger partial charge in [0.1, 0.15) is 11.6 Å². The molecule has 1 spiro atoms. The Hall–Kier alpha value is -1.94. The molecule has 10 heteroatoms. The highest BCUT2D eigenvalue weighted by Gasteiger charge is 2.77.